The number of phenols is 1. The van der Waals surface area contributed by atoms with Crippen LogP contribution in [0.5, 0.6) is 11.5 Å². The van der Waals surface area contributed by atoms with Crippen LogP contribution in [0.15, 0.2) is 36.4 Å². The summed E-state index contributed by atoms with van der Waals surface area (Å²) >= 11 is 1.24. The first-order valence-corrected chi connectivity index (χ1v) is 9.39. The molecule has 1 aliphatic heterocycles. The molecule has 2 aromatic rings. The number of methoxy groups -OCH3 is 1. The van der Waals surface area contributed by atoms with E-state index in [2.05, 4.69) is 0 Å². The van der Waals surface area contributed by atoms with Crippen LogP contribution in [0.1, 0.15) is 22.1 Å². The van der Waals surface area contributed by atoms with Gasteiger partial charge in [0.15, 0.2) is 11.5 Å². The molecule has 0 bridgehead atoms. The fourth-order valence-electron chi connectivity index (χ4n) is 3.01. The number of hydrogen-bond donors (Lipinski definition) is 1. The second-order valence-electron chi connectivity index (χ2n) is 6.24. The molecule has 1 saturated heterocycles. The summed E-state index contributed by atoms with van der Waals surface area (Å²) in [6.07, 6.45) is -4.32. The summed E-state index contributed by atoms with van der Waals surface area (Å²) in [5.41, 5.74) is -0.199. The molecule has 0 aromatic heterocycles. The monoisotopic (exact) mass is 415 g/mol. The van der Waals surface area contributed by atoms with E-state index in [1.165, 1.54) is 35.9 Å². The van der Waals surface area contributed by atoms with Crippen LogP contribution < -0.4 is 4.74 Å². The summed E-state index contributed by atoms with van der Waals surface area (Å²) in [4.78, 5) is 13.8. The average Bonchev–Trinajstić information content (AvgIpc) is 3.00. The lowest BCUT2D eigenvalue weighted by Gasteiger charge is -2.25. The molecule has 1 heterocycles. The molecule has 1 unspecified atom stereocenters. The summed E-state index contributed by atoms with van der Waals surface area (Å²) in [5, 5.41) is 9.09. The van der Waals surface area contributed by atoms with Crippen LogP contribution in [0.25, 0.3) is 0 Å². The highest BCUT2D eigenvalue weighted by Crippen LogP contribution is 2.40. The van der Waals surface area contributed by atoms with Gasteiger partial charge in [0.2, 0.25) is 5.91 Å². The SMILES string of the molecule is COc1cc(CCN2C(=O)CSC2c2ccc(C(F)(F)F)c(F)c2)ccc1O. The zero-order valence-corrected chi connectivity index (χ0v) is 15.6. The van der Waals surface area contributed by atoms with Crippen molar-refractivity contribution < 1.29 is 32.2 Å². The Bertz CT molecular complexity index is 888. The lowest BCUT2D eigenvalue weighted by Crippen LogP contribution is -2.30. The Balaban J connectivity index is 1.77. The van der Waals surface area contributed by atoms with Gasteiger partial charge in [-0.1, -0.05) is 12.1 Å². The topological polar surface area (TPSA) is 49.8 Å². The molecule has 1 fully saturated rings. The van der Waals surface area contributed by atoms with E-state index in [-0.39, 0.29) is 17.4 Å². The number of phenolic OH excluding ortho intramolecular Hbond substituents is 1. The smallest absolute Gasteiger partial charge is 0.419 e. The minimum atomic E-state index is -4.77. The average molecular weight is 415 g/mol. The summed E-state index contributed by atoms with van der Waals surface area (Å²) in [7, 11) is 1.43. The Kier molecular flexibility index (Phi) is 5.74. The number of ether oxygens (including phenoxy) is 1. The van der Waals surface area contributed by atoms with Crippen molar-refractivity contribution in [3.05, 3.63) is 58.9 Å². The minimum absolute atomic E-state index is 0.00263. The molecule has 28 heavy (non-hydrogen) atoms. The van der Waals surface area contributed by atoms with E-state index < -0.39 is 22.9 Å². The second-order valence-corrected chi connectivity index (χ2v) is 7.31. The van der Waals surface area contributed by atoms with Crippen LogP contribution in [0.4, 0.5) is 17.6 Å². The van der Waals surface area contributed by atoms with Gasteiger partial charge in [0.05, 0.1) is 18.4 Å². The van der Waals surface area contributed by atoms with E-state index in [1.807, 2.05) is 0 Å². The third-order valence-corrected chi connectivity index (χ3v) is 5.69. The van der Waals surface area contributed by atoms with E-state index in [1.54, 1.807) is 12.1 Å². The molecule has 1 N–H and O–H groups in total. The van der Waals surface area contributed by atoms with Gasteiger partial charge in [-0.05, 0) is 41.8 Å². The van der Waals surface area contributed by atoms with Crippen molar-refractivity contribution in [1.82, 2.24) is 4.90 Å². The van der Waals surface area contributed by atoms with Crippen molar-refractivity contribution in [1.29, 1.82) is 0 Å². The Morgan fingerprint density at radius 1 is 1.25 bits per heavy atom. The Morgan fingerprint density at radius 3 is 2.64 bits per heavy atom. The van der Waals surface area contributed by atoms with Crippen LogP contribution in [0.3, 0.4) is 0 Å². The summed E-state index contributed by atoms with van der Waals surface area (Å²) in [6, 6.07) is 7.58. The molecule has 3 rings (SSSR count). The van der Waals surface area contributed by atoms with E-state index in [9.17, 15) is 27.5 Å². The molecular formula is C19H17F4NO3S. The van der Waals surface area contributed by atoms with E-state index in [0.717, 1.165) is 11.6 Å². The van der Waals surface area contributed by atoms with Crippen molar-refractivity contribution in [2.75, 3.05) is 19.4 Å². The molecule has 1 aliphatic rings. The van der Waals surface area contributed by atoms with Crippen molar-refractivity contribution in [2.45, 2.75) is 18.0 Å². The number of thioether (sulfide) groups is 1. The highest BCUT2D eigenvalue weighted by Gasteiger charge is 2.36. The third kappa shape index (κ3) is 4.19. The number of carbonyl (C=O) groups is 1. The Morgan fingerprint density at radius 2 is 2.00 bits per heavy atom. The number of nitrogens with zero attached hydrogens (tertiary/aromatic N) is 1. The van der Waals surface area contributed by atoms with Gasteiger partial charge in [0.25, 0.3) is 0 Å². The fraction of sp³-hybridized carbons (Fsp3) is 0.316. The van der Waals surface area contributed by atoms with Gasteiger partial charge in [0, 0.05) is 6.54 Å². The predicted octanol–water partition coefficient (Wildman–Crippen LogP) is 4.38. The van der Waals surface area contributed by atoms with Crippen LogP contribution in [0, 0.1) is 5.82 Å². The first-order valence-electron chi connectivity index (χ1n) is 8.34. The van der Waals surface area contributed by atoms with Gasteiger partial charge in [-0.25, -0.2) is 4.39 Å². The second kappa shape index (κ2) is 7.90. The quantitative estimate of drug-likeness (QED) is 0.737. The van der Waals surface area contributed by atoms with Gasteiger partial charge in [-0.2, -0.15) is 13.2 Å². The van der Waals surface area contributed by atoms with Crippen molar-refractivity contribution in [2.24, 2.45) is 0 Å². The maximum atomic E-state index is 13.9. The standard InChI is InChI=1S/C19H17F4NO3S/c1-27-16-8-11(2-5-15(16)25)6-7-24-17(26)10-28-18(24)12-3-4-13(14(20)9-12)19(21,22)23/h2-5,8-9,18,25H,6-7,10H2,1H3. The number of amides is 1. The molecular weight excluding hydrogens is 398 g/mol. The number of carbonyl (C=O) groups excluding carboxylic acids is 1. The molecule has 2 aromatic carbocycles. The molecule has 0 spiro atoms. The Labute approximate surface area is 163 Å². The Hall–Kier alpha value is -2.42. The fourth-order valence-corrected chi connectivity index (χ4v) is 4.22. The van der Waals surface area contributed by atoms with Crippen molar-refractivity contribution >= 4 is 17.7 Å². The number of benzene rings is 2. The van der Waals surface area contributed by atoms with Gasteiger partial charge < -0.3 is 14.7 Å². The number of halogens is 4. The molecule has 0 aliphatic carbocycles. The van der Waals surface area contributed by atoms with E-state index in [4.69, 9.17) is 4.74 Å². The largest absolute Gasteiger partial charge is 0.504 e. The molecule has 0 radical (unpaired) electrons. The lowest BCUT2D eigenvalue weighted by atomic mass is 10.1. The van der Waals surface area contributed by atoms with E-state index >= 15 is 0 Å². The maximum Gasteiger partial charge on any atom is 0.419 e. The maximum absolute atomic E-state index is 13.9. The number of rotatable bonds is 5. The van der Waals surface area contributed by atoms with Gasteiger partial charge in [-0.3, -0.25) is 4.79 Å². The number of alkyl halides is 3. The normalized spacial score (nSPS) is 17.2. The van der Waals surface area contributed by atoms with Crippen LogP contribution in [0.2, 0.25) is 0 Å². The predicted molar refractivity (Wildman–Crippen MR) is 96.7 cm³/mol. The molecule has 1 amide bonds. The summed E-state index contributed by atoms with van der Waals surface area (Å²) < 4.78 is 57.2. The first-order chi connectivity index (χ1) is 13.2. The highest BCUT2D eigenvalue weighted by atomic mass is 32.2. The number of aromatic hydroxyl groups is 1. The highest BCUT2D eigenvalue weighted by molar-refractivity contribution is 8.00. The van der Waals surface area contributed by atoms with Gasteiger partial charge in [-0.15, -0.1) is 11.8 Å². The minimum Gasteiger partial charge on any atom is -0.504 e. The number of hydrogen-bond acceptors (Lipinski definition) is 4. The third-order valence-electron chi connectivity index (χ3n) is 4.44. The zero-order valence-electron chi connectivity index (χ0n) is 14.8. The lowest BCUT2D eigenvalue weighted by molar-refractivity contribution is -0.140. The van der Waals surface area contributed by atoms with Crippen LogP contribution in [-0.2, 0) is 17.4 Å². The van der Waals surface area contributed by atoms with E-state index in [0.29, 0.717) is 30.3 Å². The first kappa shape index (κ1) is 20.3. The molecule has 9 heteroatoms. The van der Waals surface area contributed by atoms with Gasteiger partial charge in [0.1, 0.15) is 11.2 Å². The molecule has 0 saturated carbocycles. The van der Waals surface area contributed by atoms with Crippen LogP contribution >= 0.6 is 11.8 Å². The zero-order chi connectivity index (χ0) is 20.5. The molecule has 150 valence electrons. The van der Waals surface area contributed by atoms with Crippen molar-refractivity contribution in [3.8, 4) is 11.5 Å². The van der Waals surface area contributed by atoms with Crippen LogP contribution in [-0.4, -0.2) is 35.3 Å². The van der Waals surface area contributed by atoms with Crippen molar-refractivity contribution in [3.63, 3.8) is 0 Å². The molecule has 4 nitrogen and oxygen atoms in total. The summed E-state index contributed by atoms with van der Waals surface area (Å²) in [6.45, 7) is 0.299. The van der Waals surface area contributed by atoms with Gasteiger partial charge >= 0.3 is 6.18 Å². The molecule has 1 atom stereocenters. The summed E-state index contributed by atoms with van der Waals surface area (Å²) in [5.74, 6) is -1.04.